The van der Waals surface area contributed by atoms with Crippen LogP contribution in [0.4, 0.5) is 5.69 Å². The molecule has 0 aliphatic rings. The second kappa shape index (κ2) is 8.89. The Morgan fingerprint density at radius 1 is 0.724 bits per heavy atom. The largest absolute Gasteiger partial charge is 0.489 e. The van der Waals surface area contributed by atoms with E-state index in [1.165, 1.54) is 0 Å². The van der Waals surface area contributed by atoms with Crippen LogP contribution in [-0.2, 0) is 6.61 Å². The number of carbonyl (C=O) groups excluding carboxylic acids is 1. The summed E-state index contributed by atoms with van der Waals surface area (Å²) in [4.78, 5) is 12.9. The van der Waals surface area contributed by atoms with Gasteiger partial charge in [-0.3, -0.25) is 4.79 Å². The molecule has 4 aromatic carbocycles. The lowest BCUT2D eigenvalue weighted by atomic mass is 10.0. The molecular weight excluding hydrogens is 358 g/mol. The van der Waals surface area contributed by atoms with Gasteiger partial charge < -0.3 is 10.1 Å². The quantitative estimate of drug-likeness (QED) is 0.434. The lowest BCUT2D eigenvalue weighted by Gasteiger charge is -2.12. The minimum absolute atomic E-state index is 0.168. The van der Waals surface area contributed by atoms with Crippen molar-refractivity contribution in [2.75, 3.05) is 5.32 Å². The molecule has 1 amide bonds. The molecular formula is C26H21NO2. The first kappa shape index (κ1) is 18.5. The lowest BCUT2D eigenvalue weighted by molar-refractivity contribution is 0.102. The van der Waals surface area contributed by atoms with Crippen molar-refractivity contribution in [3.05, 3.63) is 120 Å². The molecule has 0 bridgehead atoms. The Kier molecular flexibility index (Phi) is 5.68. The summed E-state index contributed by atoms with van der Waals surface area (Å²) in [5.74, 6) is 0.497. The number of anilines is 1. The molecule has 1 N–H and O–H groups in total. The third-order valence-corrected chi connectivity index (χ3v) is 4.60. The van der Waals surface area contributed by atoms with Gasteiger partial charge in [0.25, 0.3) is 5.91 Å². The minimum atomic E-state index is -0.168. The molecule has 0 spiro atoms. The zero-order valence-electron chi connectivity index (χ0n) is 15.9. The van der Waals surface area contributed by atoms with Crippen molar-refractivity contribution < 1.29 is 9.53 Å². The van der Waals surface area contributed by atoms with Gasteiger partial charge in [-0.1, -0.05) is 84.9 Å². The van der Waals surface area contributed by atoms with Gasteiger partial charge in [0.1, 0.15) is 12.4 Å². The van der Waals surface area contributed by atoms with E-state index in [9.17, 15) is 4.79 Å². The van der Waals surface area contributed by atoms with Crippen LogP contribution in [-0.4, -0.2) is 5.91 Å². The summed E-state index contributed by atoms with van der Waals surface area (Å²) in [6.07, 6.45) is 0. The molecule has 0 aliphatic carbocycles. The highest BCUT2D eigenvalue weighted by molar-refractivity contribution is 6.06. The zero-order valence-corrected chi connectivity index (χ0v) is 15.9. The zero-order chi connectivity index (χ0) is 19.9. The molecule has 29 heavy (non-hydrogen) atoms. The van der Waals surface area contributed by atoms with Crippen molar-refractivity contribution in [3.8, 4) is 16.9 Å². The van der Waals surface area contributed by atoms with Crippen LogP contribution in [0.25, 0.3) is 11.1 Å². The van der Waals surface area contributed by atoms with E-state index in [1.807, 2.05) is 97.1 Å². The average Bonchev–Trinajstić information content (AvgIpc) is 2.79. The summed E-state index contributed by atoms with van der Waals surface area (Å²) < 4.78 is 5.85. The summed E-state index contributed by atoms with van der Waals surface area (Å²) in [7, 11) is 0. The van der Waals surface area contributed by atoms with Crippen molar-refractivity contribution in [2.24, 2.45) is 0 Å². The monoisotopic (exact) mass is 379 g/mol. The van der Waals surface area contributed by atoms with Crippen LogP contribution < -0.4 is 10.1 Å². The van der Waals surface area contributed by atoms with Gasteiger partial charge in [-0.05, 0) is 35.4 Å². The van der Waals surface area contributed by atoms with E-state index < -0.39 is 0 Å². The molecule has 142 valence electrons. The van der Waals surface area contributed by atoms with Crippen LogP contribution in [0.3, 0.4) is 0 Å². The Morgan fingerprint density at radius 2 is 1.41 bits per heavy atom. The van der Waals surface area contributed by atoms with Gasteiger partial charge in [0.05, 0.1) is 0 Å². The van der Waals surface area contributed by atoms with Gasteiger partial charge in [-0.15, -0.1) is 0 Å². The molecule has 3 nitrogen and oxygen atoms in total. The molecule has 0 radical (unpaired) electrons. The van der Waals surface area contributed by atoms with Gasteiger partial charge in [0, 0.05) is 16.8 Å². The van der Waals surface area contributed by atoms with Crippen molar-refractivity contribution in [1.82, 2.24) is 0 Å². The molecule has 0 aromatic heterocycles. The van der Waals surface area contributed by atoms with Gasteiger partial charge in [0.2, 0.25) is 0 Å². The fourth-order valence-corrected chi connectivity index (χ4v) is 3.12. The third kappa shape index (κ3) is 4.71. The summed E-state index contributed by atoms with van der Waals surface area (Å²) in [6, 6.07) is 35.0. The Labute approximate surface area is 170 Å². The highest BCUT2D eigenvalue weighted by atomic mass is 16.5. The number of rotatable bonds is 6. The van der Waals surface area contributed by atoms with Crippen molar-refractivity contribution in [3.63, 3.8) is 0 Å². The second-order valence-corrected chi connectivity index (χ2v) is 6.67. The predicted molar refractivity (Wildman–Crippen MR) is 117 cm³/mol. The second-order valence-electron chi connectivity index (χ2n) is 6.67. The van der Waals surface area contributed by atoms with Gasteiger partial charge in [-0.2, -0.15) is 0 Å². The van der Waals surface area contributed by atoms with E-state index in [-0.39, 0.29) is 5.91 Å². The van der Waals surface area contributed by atoms with E-state index in [0.29, 0.717) is 17.9 Å². The smallest absolute Gasteiger partial charge is 0.255 e. The first-order valence-electron chi connectivity index (χ1n) is 9.52. The molecule has 3 heteroatoms. The third-order valence-electron chi connectivity index (χ3n) is 4.60. The maximum absolute atomic E-state index is 12.9. The van der Waals surface area contributed by atoms with Crippen LogP contribution in [0.5, 0.6) is 5.75 Å². The van der Waals surface area contributed by atoms with Crippen LogP contribution in [0.2, 0.25) is 0 Å². The summed E-state index contributed by atoms with van der Waals surface area (Å²) in [5, 5.41) is 3.03. The van der Waals surface area contributed by atoms with E-state index in [2.05, 4.69) is 5.32 Å². The highest BCUT2D eigenvalue weighted by Crippen LogP contribution is 2.28. The predicted octanol–water partition coefficient (Wildman–Crippen LogP) is 6.18. The number of carbonyl (C=O) groups is 1. The number of para-hydroxylation sites is 1. The van der Waals surface area contributed by atoms with Crippen molar-refractivity contribution in [1.29, 1.82) is 0 Å². The number of benzene rings is 4. The normalized spacial score (nSPS) is 10.3. The Balaban J connectivity index is 1.50. The number of amides is 1. The van der Waals surface area contributed by atoms with Gasteiger partial charge in [-0.25, -0.2) is 0 Å². The van der Waals surface area contributed by atoms with Crippen molar-refractivity contribution >= 4 is 11.6 Å². The molecule has 0 fully saturated rings. The molecule has 0 heterocycles. The van der Waals surface area contributed by atoms with Crippen molar-refractivity contribution in [2.45, 2.75) is 6.61 Å². The summed E-state index contributed by atoms with van der Waals surface area (Å²) in [6.45, 7) is 0.461. The summed E-state index contributed by atoms with van der Waals surface area (Å²) >= 11 is 0. The Bertz CT molecular complexity index is 1090. The summed E-state index contributed by atoms with van der Waals surface area (Å²) in [5.41, 5.74) is 4.46. The van der Waals surface area contributed by atoms with Gasteiger partial charge in [0.15, 0.2) is 0 Å². The van der Waals surface area contributed by atoms with Crippen LogP contribution in [0.1, 0.15) is 15.9 Å². The molecule has 0 atom stereocenters. The lowest BCUT2D eigenvalue weighted by Crippen LogP contribution is -2.12. The maximum Gasteiger partial charge on any atom is 0.255 e. The molecule has 0 saturated carbocycles. The molecule has 0 unspecified atom stereocenters. The van der Waals surface area contributed by atoms with E-state index in [1.54, 1.807) is 12.1 Å². The van der Waals surface area contributed by atoms with Crippen LogP contribution in [0.15, 0.2) is 109 Å². The highest BCUT2D eigenvalue weighted by Gasteiger charge is 2.11. The first-order valence-corrected chi connectivity index (χ1v) is 9.52. The molecule has 4 aromatic rings. The van der Waals surface area contributed by atoms with E-state index >= 15 is 0 Å². The topological polar surface area (TPSA) is 38.3 Å². The maximum atomic E-state index is 12.9. The van der Waals surface area contributed by atoms with Gasteiger partial charge >= 0.3 is 0 Å². The fourth-order valence-electron chi connectivity index (χ4n) is 3.12. The average molecular weight is 379 g/mol. The minimum Gasteiger partial charge on any atom is -0.489 e. The van der Waals surface area contributed by atoms with E-state index in [0.717, 1.165) is 22.4 Å². The number of ether oxygens (including phenoxy) is 1. The SMILES string of the molecule is O=C(Nc1ccccc1-c1ccccc1)c1cccc(OCc2ccccc2)c1. The van der Waals surface area contributed by atoms with Crippen LogP contribution >= 0.6 is 0 Å². The number of nitrogens with one attached hydrogen (secondary N) is 1. The Morgan fingerprint density at radius 3 is 2.21 bits per heavy atom. The molecule has 0 saturated heterocycles. The number of hydrogen-bond acceptors (Lipinski definition) is 2. The first-order chi connectivity index (χ1) is 14.3. The molecule has 4 rings (SSSR count). The number of hydrogen-bond donors (Lipinski definition) is 1. The fraction of sp³-hybridized carbons (Fsp3) is 0.0385. The van der Waals surface area contributed by atoms with Crippen LogP contribution in [0, 0.1) is 0 Å². The standard InChI is InChI=1S/C26H21NO2/c28-26(27-25-17-8-7-16-24(25)21-12-5-2-6-13-21)22-14-9-15-23(18-22)29-19-20-10-3-1-4-11-20/h1-18H,19H2,(H,27,28). The Hall–Kier alpha value is -3.85. The molecule has 0 aliphatic heterocycles. The van der Waals surface area contributed by atoms with E-state index in [4.69, 9.17) is 4.74 Å².